The number of rotatable bonds is 10. The Bertz CT molecular complexity index is 1380. The molecule has 0 spiro atoms. The molecule has 0 aliphatic rings. The number of hydrogen-bond donors (Lipinski definition) is 1. The zero-order valence-electron chi connectivity index (χ0n) is 20.3. The van der Waals surface area contributed by atoms with Crippen LogP contribution in [0.15, 0.2) is 65.5 Å². The van der Waals surface area contributed by atoms with E-state index in [0.29, 0.717) is 22.1 Å². The number of likely N-dealkylation sites (N-methyl/N-ethyl adjacent to an activating group) is 1. The number of esters is 1. The Labute approximate surface area is 209 Å². The lowest BCUT2D eigenvalue weighted by Crippen LogP contribution is -2.28. The van der Waals surface area contributed by atoms with Crippen LogP contribution in [0.4, 0.5) is 5.69 Å². The SMILES string of the molecule is CCN(CC)CCNc1ccc(COC(=O)c2ccc(OC)cc2)c2sc3ccccc3c(=O)c12. The molecule has 0 radical (unpaired) electrons. The molecule has 0 aliphatic heterocycles. The highest BCUT2D eigenvalue weighted by Gasteiger charge is 2.16. The van der Waals surface area contributed by atoms with E-state index in [1.54, 1.807) is 42.7 Å². The molecule has 3 aromatic carbocycles. The Balaban J connectivity index is 1.65. The molecule has 0 unspecified atom stereocenters. The predicted octanol–water partition coefficient (Wildman–Crippen LogP) is 5.53. The number of carbonyl (C=O) groups excluding carboxylic acids is 1. The number of nitrogens with one attached hydrogen (secondary N) is 1. The molecule has 0 atom stereocenters. The first-order valence-corrected chi connectivity index (χ1v) is 12.6. The molecule has 0 saturated carbocycles. The average molecular weight is 491 g/mol. The third kappa shape index (κ3) is 5.47. The molecule has 0 amide bonds. The maximum absolute atomic E-state index is 13.5. The monoisotopic (exact) mass is 490 g/mol. The van der Waals surface area contributed by atoms with Crippen LogP contribution >= 0.6 is 11.3 Å². The van der Waals surface area contributed by atoms with Crippen LogP contribution in [0, 0.1) is 0 Å². The minimum atomic E-state index is -0.421. The van der Waals surface area contributed by atoms with Gasteiger partial charge in [0.05, 0.1) is 18.1 Å². The number of hydrogen-bond acceptors (Lipinski definition) is 7. The Morgan fingerprint density at radius 2 is 1.74 bits per heavy atom. The molecule has 7 heteroatoms. The first-order chi connectivity index (χ1) is 17.0. The van der Waals surface area contributed by atoms with Gasteiger partial charge in [0.15, 0.2) is 5.43 Å². The van der Waals surface area contributed by atoms with Crippen LogP contribution in [-0.2, 0) is 11.3 Å². The molecular weight excluding hydrogens is 460 g/mol. The lowest BCUT2D eigenvalue weighted by Gasteiger charge is -2.19. The number of fused-ring (bicyclic) bond motifs is 2. The van der Waals surface area contributed by atoms with E-state index in [2.05, 4.69) is 24.1 Å². The normalized spacial score (nSPS) is 11.2. The van der Waals surface area contributed by atoms with E-state index < -0.39 is 5.97 Å². The second-order valence-corrected chi connectivity index (χ2v) is 9.21. The van der Waals surface area contributed by atoms with Gasteiger partial charge < -0.3 is 19.7 Å². The molecule has 0 aliphatic carbocycles. The van der Waals surface area contributed by atoms with Gasteiger partial charge in [0.2, 0.25) is 0 Å². The summed E-state index contributed by atoms with van der Waals surface area (Å²) in [6, 6.07) is 18.3. The lowest BCUT2D eigenvalue weighted by molar-refractivity contribution is 0.0474. The molecule has 1 N–H and O–H groups in total. The van der Waals surface area contributed by atoms with Gasteiger partial charge in [-0.3, -0.25) is 4.79 Å². The summed E-state index contributed by atoms with van der Waals surface area (Å²) in [6.45, 7) is 7.96. The molecule has 1 heterocycles. The molecular formula is C28H30N2O4S. The quantitative estimate of drug-likeness (QED) is 0.233. The first kappa shape index (κ1) is 24.7. The fraction of sp³-hybridized carbons (Fsp3) is 0.286. The topological polar surface area (TPSA) is 67.9 Å². The number of benzene rings is 3. The number of anilines is 1. The zero-order valence-corrected chi connectivity index (χ0v) is 21.1. The van der Waals surface area contributed by atoms with Gasteiger partial charge in [-0.25, -0.2) is 4.79 Å². The van der Waals surface area contributed by atoms with E-state index in [9.17, 15) is 9.59 Å². The van der Waals surface area contributed by atoms with Crippen LogP contribution in [0.25, 0.3) is 20.2 Å². The summed E-state index contributed by atoms with van der Waals surface area (Å²) in [7, 11) is 1.58. The van der Waals surface area contributed by atoms with Gasteiger partial charge in [-0.15, -0.1) is 11.3 Å². The smallest absolute Gasteiger partial charge is 0.338 e. The van der Waals surface area contributed by atoms with Crippen LogP contribution < -0.4 is 15.5 Å². The molecule has 0 bridgehead atoms. The van der Waals surface area contributed by atoms with Gasteiger partial charge in [-0.2, -0.15) is 0 Å². The second-order valence-electron chi connectivity index (χ2n) is 8.16. The van der Waals surface area contributed by atoms with Gasteiger partial charge in [0, 0.05) is 39.1 Å². The number of methoxy groups -OCH3 is 1. The molecule has 6 nitrogen and oxygen atoms in total. The summed E-state index contributed by atoms with van der Waals surface area (Å²) in [5, 5.41) is 4.81. The van der Waals surface area contributed by atoms with Gasteiger partial charge in [0.1, 0.15) is 12.4 Å². The zero-order chi connectivity index (χ0) is 24.8. The van der Waals surface area contributed by atoms with Crippen LogP contribution in [0.5, 0.6) is 5.75 Å². The van der Waals surface area contributed by atoms with E-state index in [4.69, 9.17) is 9.47 Å². The Kier molecular flexibility index (Phi) is 8.00. The summed E-state index contributed by atoms with van der Waals surface area (Å²) in [5.41, 5.74) is 2.06. The Hall–Kier alpha value is -3.42. The third-order valence-corrected chi connectivity index (χ3v) is 7.38. The summed E-state index contributed by atoms with van der Waals surface area (Å²) < 4.78 is 12.5. The minimum absolute atomic E-state index is 0.0111. The lowest BCUT2D eigenvalue weighted by atomic mass is 10.1. The Morgan fingerprint density at radius 3 is 2.46 bits per heavy atom. The maximum atomic E-state index is 13.5. The molecule has 0 fully saturated rings. The largest absolute Gasteiger partial charge is 0.497 e. The van der Waals surface area contributed by atoms with Crippen molar-refractivity contribution in [2.75, 3.05) is 38.6 Å². The van der Waals surface area contributed by atoms with Crippen LogP contribution in [0.2, 0.25) is 0 Å². The van der Waals surface area contributed by atoms with E-state index in [1.165, 1.54) is 0 Å². The van der Waals surface area contributed by atoms with Crippen LogP contribution in [-0.4, -0.2) is 44.2 Å². The van der Waals surface area contributed by atoms with Crippen LogP contribution in [0.3, 0.4) is 0 Å². The van der Waals surface area contributed by atoms with E-state index in [1.807, 2.05) is 36.4 Å². The summed E-state index contributed by atoms with van der Waals surface area (Å²) in [4.78, 5) is 28.5. The highest BCUT2D eigenvalue weighted by atomic mass is 32.1. The highest BCUT2D eigenvalue weighted by Crippen LogP contribution is 2.32. The summed E-state index contributed by atoms with van der Waals surface area (Å²) >= 11 is 1.55. The van der Waals surface area contributed by atoms with Gasteiger partial charge in [-0.05, 0) is 55.6 Å². The van der Waals surface area contributed by atoms with Crippen molar-refractivity contribution in [2.24, 2.45) is 0 Å². The van der Waals surface area contributed by atoms with Crippen LogP contribution in [0.1, 0.15) is 29.8 Å². The molecule has 182 valence electrons. The van der Waals surface area contributed by atoms with E-state index >= 15 is 0 Å². The molecule has 4 rings (SSSR count). The minimum Gasteiger partial charge on any atom is -0.497 e. The van der Waals surface area contributed by atoms with Gasteiger partial charge in [-0.1, -0.05) is 32.0 Å². The van der Waals surface area contributed by atoms with Crippen molar-refractivity contribution in [2.45, 2.75) is 20.5 Å². The second kappa shape index (κ2) is 11.3. The third-order valence-electron chi connectivity index (χ3n) is 6.13. The molecule has 4 aromatic rings. The molecule has 35 heavy (non-hydrogen) atoms. The van der Waals surface area contributed by atoms with Gasteiger partial charge >= 0.3 is 5.97 Å². The van der Waals surface area contributed by atoms with Crippen molar-refractivity contribution >= 4 is 43.2 Å². The fourth-order valence-electron chi connectivity index (χ4n) is 4.06. The number of carbonyl (C=O) groups is 1. The first-order valence-electron chi connectivity index (χ1n) is 11.8. The summed E-state index contributed by atoms with van der Waals surface area (Å²) in [6.07, 6.45) is 0. The summed E-state index contributed by atoms with van der Waals surface area (Å²) in [5.74, 6) is 0.253. The maximum Gasteiger partial charge on any atom is 0.338 e. The van der Waals surface area contributed by atoms with Crippen molar-refractivity contribution in [1.29, 1.82) is 0 Å². The van der Waals surface area contributed by atoms with Crippen molar-refractivity contribution in [3.63, 3.8) is 0 Å². The van der Waals surface area contributed by atoms with Gasteiger partial charge in [0.25, 0.3) is 0 Å². The van der Waals surface area contributed by atoms with Crippen molar-refractivity contribution in [3.05, 3.63) is 82.0 Å². The standard InChI is InChI=1S/C28H30N2O4S/c1-4-30(5-2)17-16-29-23-15-12-20(18-34-28(32)19-10-13-21(33-3)14-11-19)27-25(23)26(31)22-8-6-7-9-24(22)35-27/h6-15,29H,4-5,16-18H2,1-3H3. The van der Waals surface area contributed by atoms with Crippen molar-refractivity contribution in [3.8, 4) is 5.75 Å². The number of nitrogens with zero attached hydrogens (tertiary/aromatic N) is 1. The molecule has 1 aromatic heterocycles. The fourth-order valence-corrected chi connectivity index (χ4v) is 5.26. The van der Waals surface area contributed by atoms with E-state index in [-0.39, 0.29) is 12.0 Å². The highest BCUT2D eigenvalue weighted by molar-refractivity contribution is 7.24. The van der Waals surface area contributed by atoms with E-state index in [0.717, 1.165) is 46.8 Å². The van der Waals surface area contributed by atoms with Crippen molar-refractivity contribution in [1.82, 2.24) is 4.90 Å². The van der Waals surface area contributed by atoms with Crippen molar-refractivity contribution < 1.29 is 14.3 Å². The average Bonchev–Trinajstić information content (AvgIpc) is 2.90. The molecule has 0 saturated heterocycles. The Morgan fingerprint density at radius 1 is 1.00 bits per heavy atom. The predicted molar refractivity (Wildman–Crippen MR) is 144 cm³/mol. The number of ether oxygens (including phenoxy) is 2.